The zero-order chi connectivity index (χ0) is 15.4. The van der Waals surface area contributed by atoms with Gasteiger partial charge in [-0.15, -0.1) is 0 Å². The molecule has 3 heteroatoms. The van der Waals surface area contributed by atoms with Crippen molar-refractivity contribution in [3.05, 3.63) is 57.9 Å². The molecule has 1 saturated carbocycles. The molecule has 0 unspecified atom stereocenters. The first kappa shape index (κ1) is 15.0. The molecule has 0 bridgehead atoms. The highest BCUT2D eigenvalue weighted by Gasteiger charge is 2.14. The number of pyridine rings is 1. The Morgan fingerprint density at radius 2 is 1.82 bits per heavy atom. The smallest absolute Gasteiger partial charge is 0.252 e. The lowest BCUT2D eigenvalue weighted by Crippen LogP contribution is -2.28. The van der Waals surface area contributed by atoms with E-state index in [1.54, 1.807) is 0 Å². The van der Waals surface area contributed by atoms with Crippen LogP contribution >= 0.6 is 0 Å². The van der Waals surface area contributed by atoms with Gasteiger partial charge in [0.1, 0.15) is 0 Å². The first-order valence-electron chi connectivity index (χ1n) is 8.31. The van der Waals surface area contributed by atoms with Crippen LogP contribution in [0.1, 0.15) is 43.7 Å². The minimum Gasteiger partial charge on any atom is -0.322 e. The van der Waals surface area contributed by atoms with Crippen molar-refractivity contribution in [1.29, 1.82) is 0 Å². The van der Waals surface area contributed by atoms with Gasteiger partial charge in [0.2, 0.25) is 0 Å². The van der Waals surface area contributed by atoms with E-state index in [1.165, 1.54) is 31.2 Å². The van der Waals surface area contributed by atoms with Gasteiger partial charge in [-0.05, 0) is 36.5 Å². The molecule has 1 aromatic carbocycles. The standard InChI is InChI=1S/C19H24N2O/c1-2-14-7-9-15(10-8-14)18-12-11-16(19(22)21-18)13-20-17-5-3-4-6-17/h7-12,17,20H,2-6,13H2,1H3,(H,21,22). The van der Waals surface area contributed by atoms with Crippen LogP contribution in [0.5, 0.6) is 0 Å². The van der Waals surface area contributed by atoms with Crippen molar-refractivity contribution in [2.45, 2.75) is 51.6 Å². The molecule has 2 N–H and O–H groups in total. The molecule has 1 aliphatic carbocycles. The van der Waals surface area contributed by atoms with Gasteiger partial charge in [0.15, 0.2) is 0 Å². The Bertz CT molecular complexity index is 667. The molecule has 1 aromatic heterocycles. The predicted octanol–water partition coefficient (Wildman–Crippen LogP) is 3.64. The molecular weight excluding hydrogens is 272 g/mol. The van der Waals surface area contributed by atoms with Gasteiger partial charge in [-0.1, -0.05) is 50.1 Å². The van der Waals surface area contributed by atoms with E-state index in [0.717, 1.165) is 23.2 Å². The molecule has 1 fully saturated rings. The molecule has 22 heavy (non-hydrogen) atoms. The van der Waals surface area contributed by atoms with Crippen molar-refractivity contribution in [3.8, 4) is 11.3 Å². The van der Waals surface area contributed by atoms with Gasteiger partial charge < -0.3 is 10.3 Å². The van der Waals surface area contributed by atoms with Crippen LogP contribution in [-0.4, -0.2) is 11.0 Å². The number of H-pyrrole nitrogens is 1. The molecule has 3 nitrogen and oxygen atoms in total. The molecule has 0 spiro atoms. The molecule has 0 amide bonds. The number of benzene rings is 1. The summed E-state index contributed by atoms with van der Waals surface area (Å²) in [6, 6.07) is 12.9. The normalized spacial score (nSPS) is 15.3. The third-order valence-corrected chi connectivity index (χ3v) is 4.60. The summed E-state index contributed by atoms with van der Waals surface area (Å²) in [5, 5.41) is 3.49. The molecular formula is C19H24N2O. The molecule has 0 atom stereocenters. The lowest BCUT2D eigenvalue weighted by Gasteiger charge is -2.11. The van der Waals surface area contributed by atoms with Crippen LogP contribution in [-0.2, 0) is 13.0 Å². The summed E-state index contributed by atoms with van der Waals surface area (Å²) in [4.78, 5) is 15.3. The van der Waals surface area contributed by atoms with E-state index in [9.17, 15) is 4.79 Å². The van der Waals surface area contributed by atoms with Crippen molar-refractivity contribution >= 4 is 0 Å². The second kappa shape index (κ2) is 6.93. The fourth-order valence-corrected chi connectivity index (χ4v) is 3.12. The third kappa shape index (κ3) is 3.47. The van der Waals surface area contributed by atoms with Gasteiger partial charge in [0.25, 0.3) is 5.56 Å². The van der Waals surface area contributed by atoms with Gasteiger partial charge in [-0.3, -0.25) is 4.79 Å². The summed E-state index contributed by atoms with van der Waals surface area (Å²) in [6.45, 7) is 2.80. The van der Waals surface area contributed by atoms with E-state index in [2.05, 4.69) is 41.5 Å². The number of nitrogens with one attached hydrogen (secondary N) is 2. The zero-order valence-electron chi connectivity index (χ0n) is 13.2. The Balaban J connectivity index is 1.71. The molecule has 116 valence electrons. The summed E-state index contributed by atoms with van der Waals surface area (Å²) in [6.07, 6.45) is 6.11. The SMILES string of the molecule is CCc1ccc(-c2ccc(CNC3CCCC3)c(=O)[nH]2)cc1. The average Bonchev–Trinajstić information content (AvgIpc) is 3.07. The van der Waals surface area contributed by atoms with Gasteiger partial charge in [-0.25, -0.2) is 0 Å². The van der Waals surface area contributed by atoms with Crippen LogP contribution in [0.3, 0.4) is 0 Å². The van der Waals surface area contributed by atoms with Crippen LogP contribution < -0.4 is 10.9 Å². The van der Waals surface area contributed by atoms with Crippen LogP contribution in [0.4, 0.5) is 0 Å². The molecule has 0 saturated heterocycles. The summed E-state index contributed by atoms with van der Waals surface area (Å²) < 4.78 is 0. The van der Waals surface area contributed by atoms with Crippen LogP contribution in [0, 0.1) is 0 Å². The quantitative estimate of drug-likeness (QED) is 0.885. The van der Waals surface area contributed by atoms with Crippen molar-refractivity contribution in [2.75, 3.05) is 0 Å². The number of aryl methyl sites for hydroxylation is 1. The lowest BCUT2D eigenvalue weighted by molar-refractivity contribution is 0.522. The monoisotopic (exact) mass is 296 g/mol. The highest BCUT2D eigenvalue weighted by atomic mass is 16.1. The van der Waals surface area contributed by atoms with E-state index in [0.29, 0.717) is 12.6 Å². The fourth-order valence-electron chi connectivity index (χ4n) is 3.12. The molecule has 0 aliphatic heterocycles. The maximum Gasteiger partial charge on any atom is 0.252 e. The second-order valence-electron chi connectivity index (χ2n) is 6.14. The largest absolute Gasteiger partial charge is 0.322 e. The molecule has 3 rings (SSSR count). The highest BCUT2D eigenvalue weighted by Crippen LogP contribution is 2.19. The number of hydrogen-bond donors (Lipinski definition) is 2. The maximum atomic E-state index is 12.2. The lowest BCUT2D eigenvalue weighted by atomic mass is 10.1. The number of aromatic nitrogens is 1. The first-order valence-corrected chi connectivity index (χ1v) is 8.31. The first-order chi connectivity index (χ1) is 10.8. The third-order valence-electron chi connectivity index (χ3n) is 4.60. The van der Waals surface area contributed by atoms with E-state index in [4.69, 9.17) is 0 Å². The van der Waals surface area contributed by atoms with Crippen LogP contribution in [0.2, 0.25) is 0 Å². The van der Waals surface area contributed by atoms with Gasteiger partial charge >= 0.3 is 0 Å². The van der Waals surface area contributed by atoms with Gasteiger partial charge in [0, 0.05) is 23.8 Å². The molecule has 2 aromatic rings. The number of hydrogen-bond acceptors (Lipinski definition) is 2. The summed E-state index contributed by atoms with van der Waals surface area (Å²) in [7, 11) is 0. The Kier molecular flexibility index (Phi) is 4.74. The molecule has 1 aliphatic rings. The summed E-state index contributed by atoms with van der Waals surface area (Å²) in [5.41, 5.74) is 4.09. The average molecular weight is 296 g/mol. The minimum absolute atomic E-state index is 0.0163. The summed E-state index contributed by atoms with van der Waals surface area (Å²) >= 11 is 0. The van der Waals surface area contributed by atoms with Crippen LogP contribution in [0.15, 0.2) is 41.2 Å². The maximum absolute atomic E-state index is 12.2. The Labute approximate surface area is 131 Å². The van der Waals surface area contributed by atoms with E-state index in [-0.39, 0.29) is 5.56 Å². The van der Waals surface area contributed by atoms with E-state index >= 15 is 0 Å². The van der Waals surface area contributed by atoms with Crippen molar-refractivity contribution < 1.29 is 0 Å². The minimum atomic E-state index is 0.0163. The topological polar surface area (TPSA) is 44.9 Å². The van der Waals surface area contributed by atoms with Crippen LogP contribution in [0.25, 0.3) is 11.3 Å². The summed E-state index contributed by atoms with van der Waals surface area (Å²) in [5.74, 6) is 0. The van der Waals surface area contributed by atoms with Gasteiger partial charge in [0.05, 0.1) is 0 Å². The van der Waals surface area contributed by atoms with Crippen molar-refractivity contribution in [3.63, 3.8) is 0 Å². The van der Waals surface area contributed by atoms with Gasteiger partial charge in [-0.2, -0.15) is 0 Å². The Hall–Kier alpha value is -1.87. The molecule has 1 heterocycles. The fraction of sp³-hybridized carbons (Fsp3) is 0.421. The highest BCUT2D eigenvalue weighted by molar-refractivity contribution is 5.59. The van der Waals surface area contributed by atoms with E-state index in [1.807, 2.05) is 12.1 Å². The Morgan fingerprint density at radius 1 is 1.09 bits per heavy atom. The molecule has 0 radical (unpaired) electrons. The second-order valence-corrected chi connectivity index (χ2v) is 6.14. The number of aromatic amines is 1. The Morgan fingerprint density at radius 3 is 2.45 bits per heavy atom. The van der Waals surface area contributed by atoms with E-state index < -0.39 is 0 Å². The zero-order valence-corrected chi connectivity index (χ0v) is 13.2. The number of rotatable bonds is 5. The van der Waals surface area contributed by atoms with Crippen molar-refractivity contribution in [2.24, 2.45) is 0 Å². The van der Waals surface area contributed by atoms with Crippen molar-refractivity contribution in [1.82, 2.24) is 10.3 Å². The predicted molar refractivity (Wildman–Crippen MR) is 91.0 cm³/mol.